The van der Waals surface area contributed by atoms with Gasteiger partial charge in [-0.25, -0.2) is 8.42 Å². The van der Waals surface area contributed by atoms with Crippen molar-refractivity contribution in [2.75, 3.05) is 13.1 Å². The van der Waals surface area contributed by atoms with Gasteiger partial charge in [0.2, 0.25) is 10.0 Å². The molecule has 0 aliphatic heterocycles. The van der Waals surface area contributed by atoms with E-state index in [1.54, 1.807) is 6.07 Å². The quantitative estimate of drug-likeness (QED) is 0.838. The van der Waals surface area contributed by atoms with E-state index >= 15 is 0 Å². The second-order valence-electron chi connectivity index (χ2n) is 4.33. The summed E-state index contributed by atoms with van der Waals surface area (Å²) in [5, 5.41) is 5.10. The number of hydrogen-bond donors (Lipinski definition) is 1. The second kappa shape index (κ2) is 6.65. The number of nitrogens with one attached hydrogen (secondary N) is 1. The molecule has 0 atom stereocenters. The number of rotatable bonds is 7. The molecule has 0 fully saturated rings. The molecule has 1 heterocycles. The van der Waals surface area contributed by atoms with Gasteiger partial charge in [0.05, 0.1) is 4.90 Å². The fourth-order valence-electron chi connectivity index (χ4n) is 1.69. The third-order valence-electron chi connectivity index (χ3n) is 2.70. The largest absolute Gasteiger partial charge is 0.310 e. The summed E-state index contributed by atoms with van der Waals surface area (Å²) in [5.41, 5.74) is 0. The lowest BCUT2D eigenvalue weighted by atomic mass is 10.4. The lowest BCUT2D eigenvalue weighted by molar-refractivity contribution is 0.444. The molecule has 1 N–H and O–H groups in total. The number of sulfonamides is 1. The van der Waals surface area contributed by atoms with E-state index in [4.69, 9.17) is 0 Å². The Bertz CT molecular complexity index is 462. The molecular weight excluding hydrogens is 268 g/mol. The first-order valence-corrected chi connectivity index (χ1v) is 8.55. The Morgan fingerprint density at radius 1 is 1.33 bits per heavy atom. The molecule has 0 saturated carbocycles. The lowest BCUT2D eigenvalue weighted by Gasteiger charge is -2.19. The average Bonchev–Trinajstić information content (AvgIpc) is 2.76. The fraction of sp³-hybridized carbons (Fsp3) is 0.667. The second-order valence-corrected chi connectivity index (χ2v) is 7.24. The summed E-state index contributed by atoms with van der Waals surface area (Å²) >= 11 is 1.49. The molecule has 6 heteroatoms. The topological polar surface area (TPSA) is 49.4 Å². The number of thiophene rings is 1. The van der Waals surface area contributed by atoms with E-state index in [0.717, 1.165) is 4.88 Å². The van der Waals surface area contributed by atoms with Crippen LogP contribution < -0.4 is 5.32 Å². The highest BCUT2D eigenvalue weighted by Crippen LogP contribution is 2.25. The van der Waals surface area contributed by atoms with Gasteiger partial charge in [-0.05, 0) is 11.4 Å². The standard InChI is InChI=1S/C12H22N2O2S2/c1-5-14(6-2)18(15,16)12-7-8-17-11(12)9-13-10(3)4/h7-8,10,13H,5-6,9H2,1-4H3. The maximum Gasteiger partial charge on any atom is 0.244 e. The van der Waals surface area contributed by atoms with Crippen molar-refractivity contribution in [1.29, 1.82) is 0 Å². The molecule has 0 saturated heterocycles. The summed E-state index contributed by atoms with van der Waals surface area (Å²) in [6.45, 7) is 9.43. The van der Waals surface area contributed by atoms with Gasteiger partial charge < -0.3 is 5.32 Å². The van der Waals surface area contributed by atoms with Crippen LogP contribution in [0, 0.1) is 0 Å². The van der Waals surface area contributed by atoms with Gasteiger partial charge in [0.25, 0.3) is 0 Å². The summed E-state index contributed by atoms with van der Waals surface area (Å²) in [6.07, 6.45) is 0. The van der Waals surface area contributed by atoms with Crippen LogP contribution in [0.4, 0.5) is 0 Å². The summed E-state index contributed by atoms with van der Waals surface area (Å²) in [4.78, 5) is 1.33. The Morgan fingerprint density at radius 2 is 1.94 bits per heavy atom. The first-order valence-electron chi connectivity index (χ1n) is 6.23. The van der Waals surface area contributed by atoms with Crippen LogP contribution in [-0.4, -0.2) is 31.9 Å². The molecule has 0 spiro atoms. The maximum atomic E-state index is 12.4. The fourth-order valence-corrected chi connectivity index (χ4v) is 4.51. The van der Waals surface area contributed by atoms with E-state index in [0.29, 0.717) is 30.6 Å². The first-order chi connectivity index (χ1) is 8.43. The van der Waals surface area contributed by atoms with Crippen molar-refractivity contribution in [3.8, 4) is 0 Å². The minimum atomic E-state index is -3.33. The van der Waals surface area contributed by atoms with Crippen molar-refractivity contribution in [1.82, 2.24) is 9.62 Å². The smallest absolute Gasteiger partial charge is 0.244 e. The molecule has 1 aromatic rings. The van der Waals surface area contributed by atoms with Crippen molar-refractivity contribution >= 4 is 21.4 Å². The van der Waals surface area contributed by atoms with Gasteiger partial charge >= 0.3 is 0 Å². The Balaban J connectivity index is 2.99. The van der Waals surface area contributed by atoms with Gasteiger partial charge in [-0.15, -0.1) is 11.3 Å². The van der Waals surface area contributed by atoms with Crippen LogP contribution in [0.15, 0.2) is 16.3 Å². The normalized spacial score (nSPS) is 12.6. The highest BCUT2D eigenvalue weighted by Gasteiger charge is 2.25. The summed E-state index contributed by atoms with van der Waals surface area (Å²) < 4.78 is 26.3. The molecule has 18 heavy (non-hydrogen) atoms. The lowest BCUT2D eigenvalue weighted by Crippen LogP contribution is -2.31. The first kappa shape index (κ1) is 15.6. The number of hydrogen-bond acceptors (Lipinski definition) is 4. The Labute approximate surface area is 114 Å². The predicted octanol–water partition coefficient (Wildman–Crippen LogP) is 2.28. The minimum absolute atomic E-state index is 0.344. The molecule has 0 radical (unpaired) electrons. The monoisotopic (exact) mass is 290 g/mol. The highest BCUT2D eigenvalue weighted by molar-refractivity contribution is 7.89. The van der Waals surface area contributed by atoms with Crippen molar-refractivity contribution in [3.63, 3.8) is 0 Å². The third kappa shape index (κ3) is 3.54. The van der Waals surface area contributed by atoms with E-state index in [9.17, 15) is 8.42 Å². The molecule has 0 unspecified atom stereocenters. The van der Waals surface area contributed by atoms with Crippen molar-refractivity contribution in [3.05, 3.63) is 16.3 Å². The average molecular weight is 290 g/mol. The molecule has 0 aromatic carbocycles. The van der Waals surface area contributed by atoms with Gasteiger partial charge in [0, 0.05) is 30.6 Å². The van der Waals surface area contributed by atoms with Crippen LogP contribution in [0.25, 0.3) is 0 Å². The van der Waals surface area contributed by atoms with Crippen LogP contribution in [-0.2, 0) is 16.6 Å². The van der Waals surface area contributed by atoms with Gasteiger partial charge in [-0.2, -0.15) is 4.31 Å². The molecule has 1 aromatic heterocycles. The molecule has 1 rings (SSSR count). The van der Waals surface area contributed by atoms with Crippen molar-refractivity contribution < 1.29 is 8.42 Å². The Kier molecular flexibility index (Phi) is 5.78. The zero-order valence-electron chi connectivity index (χ0n) is 11.4. The summed E-state index contributed by atoms with van der Waals surface area (Å²) in [6, 6.07) is 2.05. The summed E-state index contributed by atoms with van der Waals surface area (Å²) in [5.74, 6) is 0. The summed E-state index contributed by atoms with van der Waals surface area (Å²) in [7, 11) is -3.33. The van der Waals surface area contributed by atoms with E-state index in [2.05, 4.69) is 5.32 Å². The van der Waals surface area contributed by atoms with Gasteiger partial charge in [-0.1, -0.05) is 27.7 Å². The zero-order valence-corrected chi connectivity index (χ0v) is 13.1. The van der Waals surface area contributed by atoms with Gasteiger partial charge in [0.15, 0.2) is 0 Å². The molecule has 0 aliphatic rings. The highest BCUT2D eigenvalue weighted by atomic mass is 32.2. The minimum Gasteiger partial charge on any atom is -0.310 e. The van der Waals surface area contributed by atoms with E-state index in [1.807, 2.05) is 33.1 Å². The van der Waals surface area contributed by atoms with Crippen LogP contribution in [0.1, 0.15) is 32.6 Å². The number of nitrogens with zero attached hydrogens (tertiary/aromatic N) is 1. The Hall–Kier alpha value is -0.430. The molecule has 4 nitrogen and oxygen atoms in total. The van der Waals surface area contributed by atoms with Gasteiger partial charge in [0.1, 0.15) is 0 Å². The molecule has 0 amide bonds. The van der Waals surface area contributed by atoms with Crippen LogP contribution in [0.5, 0.6) is 0 Å². The molecular formula is C12H22N2O2S2. The molecule has 0 aliphatic carbocycles. The third-order valence-corrected chi connectivity index (χ3v) is 5.88. The zero-order chi connectivity index (χ0) is 13.8. The maximum absolute atomic E-state index is 12.4. The van der Waals surface area contributed by atoms with Crippen LogP contribution >= 0.6 is 11.3 Å². The van der Waals surface area contributed by atoms with Crippen LogP contribution in [0.2, 0.25) is 0 Å². The molecule has 0 bridgehead atoms. The Morgan fingerprint density at radius 3 is 2.44 bits per heavy atom. The van der Waals surface area contributed by atoms with E-state index < -0.39 is 10.0 Å². The molecule has 104 valence electrons. The van der Waals surface area contributed by atoms with Crippen molar-refractivity contribution in [2.45, 2.75) is 45.2 Å². The van der Waals surface area contributed by atoms with Gasteiger partial charge in [-0.3, -0.25) is 0 Å². The van der Waals surface area contributed by atoms with Crippen LogP contribution in [0.3, 0.4) is 0 Å². The van der Waals surface area contributed by atoms with Crippen molar-refractivity contribution in [2.24, 2.45) is 0 Å². The van der Waals surface area contributed by atoms with E-state index in [-0.39, 0.29) is 0 Å². The SMILES string of the molecule is CCN(CC)S(=O)(=O)c1ccsc1CNC(C)C. The van der Waals surface area contributed by atoms with E-state index in [1.165, 1.54) is 15.6 Å². The predicted molar refractivity (Wildman–Crippen MR) is 76.4 cm³/mol.